The number of hydrogen-bond donors (Lipinski definition) is 2. The Bertz CT molecular complexity index is 661. The quantitative estimate of drug-likeness (QED) is 0.910. The van der Waals surface area contributed by atoms with Gasteiger partial charge in [0.15, 0.2) is 0 Å². The Morgan fingerprint density at radius 2 is 2.00 bits per heavy atom. The maximum Gasteiger partial charge on any atom is 0.255 e. The van der Waals surface area contributed by atoms with E-state index in [-0.39, 0.29) is 11.4 Å². The molecule has 1 heterocycles. The number of rotatable bonds is 4. The molecule has 1 aromatic heterocycles. The van der Waals surface area contributed by atoms with Gasteiger partial charge in [-0.3, -0.25) is 4.79 Å². The van der Waals surface area contributed by atoms with Crippen LogP contribution in [0.1, 0.15) is 28.9 Å². The van der Waals surface area contributed by atoms with E-state index in [1.165, 1.54) is 6.07 Å². The number of amides is 1. The summed E-state index contributed by atoms with van der Waals surface area (Å²) in [4.78, 5) is 16.0. The fourth-order valence-corrected chi connectivity index (χ4v) is 1.99. The average molecular weight is 291 g/mol. The van der Waals surface area contributed by atoms with Gasteiger partial charge in [0.05, 0.1) is 17.8 Å². The van der Waals surface area contributed by atoms with Crippen LogP contribution in [0.15, 0.2) is 36.5 Å². The number of nitrogens with zero attached hydrogens (tertiary/aromatic N) is 1. The zero-order valence-corrected chi connectivity index (χ0v) is 11.7. The molecular weight excluding hydrogens is 276 g/mol. The van der Waals surface area contributed by atoms with Crippen LogP contribution in [0.5, 0.6) is 0 Å². The number of anilines is 1. The fourth-order valence-electron chi connectivity index (χ4n) is 1.99. The number of benzene rings is 1. The highest BCUT2D eigenvalue weighted by molar-refractivity contribution is 5.98. The van der Waals surface area contributed by atoms with Crippen molar-refractivity contribution in [2.45, 2.75) is 13.0 Å². The molecule has 1 amide bonds. The normalized spacial score (nSPS) is 11.8. The van der Waals surface area contributed by atoms with Gasteiger partial charge in [0.25, 0.3) is 5.91 Å². The van der Waals surface area contributed by atoms with Gasteiger partial charge in [-0.15, -0.1) is 0 Å². The molecule has 21 heavy (non-hydrogen) atoms. The van der Waals surface area contributed by atoms with E-state index < -0.39 is 23.6 Å². The smallest absolute Gasteiger partial charge is 0.255 e. The molecule has 0 radical (unpaired) electrons. The molecule has 0 spiro atoms. The molecule has 0 aliphatic heterocycles. The highest BCUT2D eigenvalue weighted by Gasteiger charge is 2.18. The summed E-state index contributed by atoms with van der Waals surface area (Å²) in [7, 11) is 1.58. The lowest BCUT2D eigenvalue weighted by Gasteiger charge is -2.16. The molecule has 0 saturated carbocycles. The van der Waals surface area contributed by atoms with E-state index in [4.69, 9.17) is 0 Å². The second-order valence-corrected chi connectivity index (χ2v) is 4.52. The van der Waals surface area contributed by atoms with Crippen LogP contribution in [0.3, 0.4) is 0 Å². The number of halogens is 2. The van der Waals surface area contributed by atoms with E-state index in [9.17, 15) is 13.6 Å². The lowest BCUT2D eigenvalue weighted by atomic mass is 10.1. The number of carbonyl (C=O) groups excluding carboxylic acids is 1. The summed E-state index contributed by atoms with van der Waals surface area (Å²) < 4.78 is 26.9. The van der Waals surface area contributed by atoms with Crippen molar-refractivity contribution in [1.29, 1.82) is 0 Å². The van der Waals surface area contributed by atoms with Gasteiger partial charge in [0, 0.05) is 12.6 Å². The van der Waals surface area contributed by atoms with Crippen molar-refractivity contribution < 1.29 is 13.6 Å². The molecule has 2 rings (SSSR count). The Balaban J connectivity index is 2.22. The fraction of sp³-hybridized carbons (Fsp3) is 0.200. The minimum absolute atomic E-state index is 0.0701. The minimum atomic E-state index is -0.613. The van der Waals surface area contributed by atoms with Gasteiger partial charge >= 0.3 is 0 Å². The van der Waals surface area contributed by atoms with Gasteiger partial charge in [-0.2, -0.15) is 0 Å². The van der Waals surface area contributed by atoms with Crippen molar-refractivity contribution >= 4 is 11.7 Å². The number of hydrogen-bond acceptors (Lipinski definition) is 3. The number of nitrogens with one attached hydrogen (secondary N) is 2. The summed E-state index contributed by atoms with van der Waals surface area (Å²) in [5.74, 6) is -1.29. The molecule has 4 nitrogen and oxygen atoms in total. The summed E-state index contributed by atoms with van der Waals surface area (Å²) >= 11 is 0. The SMILES string of the molecule is CNc1ncc(F)cc1C(=O)NC(C)c1ccccc1F. The first-order valence-electron chi connectivity index (χ1n) is 6.41. The predicted octanol–water partition coefficient (Wildman–Crippen LogP) is 2.89. The first-order valence-corrected chi connectivity index (χ1v) is 6.41. The van der Waals surface area contributed by atoms with Crippen LogP contribution >= 0.6 is 0 Å². The summed E-state index contributed by atoms with van der Waals surface area (Å²) in [6.45, 7) is 1.65. The second kappa shape index (κ2) is 6.30. The molecule has 0 aliphatic carbocycles. The lowest BCUT2D eigenvalue weighted by Crippen LogP contribution is -2.28. The third-order valence-electron chi connectivity index (χ3n) is 3.06. The zero-order chi connectivity index (χ0) is 15.4. The minimum Gasteiger partial charge on any atom is -0.372 e. The highest BCUT2D eigenvalue weighted by Crippen LogP contribution is 2.18. The van der Waals surface area contributed by atoms with Crippen molar-refractivity contribution in [3.05, 3.63) is 59.3 Å². The van der Waals surface area contributed by atoms with Crippen LogP contribution in [0, 0.1) is 11.6 Å². The van der Waals surface area contributed by atoms with Crippen LogP contribution in [0.4, 0.5) is 14.6 Å². The molecule has 2 aromatic rings. The summed E-state index contributed by atoms with van der Waals surface area (Å²) in [6.07, 6.45) is 1.02. The zero-order valence-electron chi connectivity index (χ0n) is 11.7. The van der Waals surface area contributed by atoms with Gasteiger partial charge in [0.1, 0.15) is 17.5 Å². The monoisotopic (exact) mass is 291 g/mol. The van der Waals surface area contributed by atoms with E-state index in [2.05, 4.69) is 15.6 Å². The Hall–Kier alpha value is -2.50. The van der Waals surface area contributed by atoms with Crippen molar-refractivity contribution in [3.8, 4) is 0 Å². The molecule has 0 aliphatic rings. The molecule has 0 saturated heterocycles. The molecule has 6 heteroatoms. The Labute approximate surface area is 121 Å². The number of carbonyl (C=O) groups is 1. The van der Waals surface area contributed by atoms with Gasteiger partial charge in [-0.05, 0) is 19.1 Å². The van der Waals surface area contributed by atoms with E-state index in [0.717, 1.165) is 12.3 Å². The molecule has 1 atom stereocenters. The van der Waals surface area contributed by atoms with Crippen LogP contribution in [0.25, 0.3) is 0 Å². The lowest BCUT2D eigenvalue weighted by molar-refractivity contribution is 0.0939. The van der Waals surface area contributed by atoms with E-state index >= 15 is 0 Å². The molecule has 1 aromatic carbocycles. The first kappa shape index (κ1) is 14.9. The topological polar surface area (TPSA) is 54.0 Å². The Morgan fingerprint density at radius 1 is 1.29 bits per heavy atom. The molecular formula is C15H15F2N3O. The molecule has 110 valence electrons. The van der Waals surface area contributed by atoms with Gasteiger partial charge in [-0.1, -0.05) is 18.2 Å². The van der Waals surface area contributed by atoms with Crippen LogP contribution in [0.2, 0.25) is 0 Å². The van der Waals surface area contributed by atoms with Gasteiger partial charge in [0.2, 0.25) is 0 Å². The Morgan fingerprint density at radius 3 is 2.67 bits per heavy atom. The Kier molecular flexibility index (Phi) is 4.47. The maximum atomic E-state index is 13.7. The van der Waals surface area contributed by atoms with Crippen molar-refractivity contribution in [2.24, 2.45) is 0 Å². The predicted molar refractivity (Wildman–Crippen MR) is 76.0 cm³/mol. The van der Waals surface area contributed by atoms with Gasteiger partial charge < -0.3 is 10.6 Å². The van der Waals surface area contributed by atoms with Gasteiger partial charge in [-0.25, -0.2) is 13.8 Å². The summed E-state index contributed by atoms with van der Waals surface area (Å²) in [5, 5.41) is 5.35. The molecule has 1 unspecified atom stereocenters. The highest BCUT2D eigenvalue weighted by atomic mass is 19.1. The molecule has 2 N–H and O–H groups in total. The molecule has 0 fully saturated rings. The van der Waals surface area contributed by atoms with Crippen LogP contribution in [-0.2, 0) is 0 Å². The number of aromatic nitrogens is 1. The third kappa shape index (κ3) is 3.34. The second-order valence-electron chi connectivity index (χ2n) is 4.52. The first-order chi connectivity index (χ1) is 10.0. The van der Waals surface area contributed by atoms with Crippen LogP contribution in [-0.4, -0.2) is 17.9 Å². The van der Waals surface area contributed by atoms with Crippen molar-refractivity contribution in [2.75, 3.05) is 12.4 Å². The van der Waals surface area contributed by atoms with E-state index in [0.29, 0.717) is 5.56 Å². The van der Waals surface area contributed by atoms with E-state index in [1.54, 1.807) is 32.2 Å². The van der Waals surface area contributed by atoms with Crippen molar-refractivity contribution in [3.63, 3.8) is 0 Å². The maximum absolute atomic E-state index is 13.7. The average Bonchev–Trinajstić information content (AvgIpc) is 2.47. The third-order valence-corrected chi connectivity index (χ3v) is 3.06. The van der Waals surface area contributed by atoms with E-state index in [1.807, 2.05) is 0 Å². The standard InChI is InChI=1S/C15H15F2N3O/c1-9(11-5-3-4-6-13(11)17)20-15(21)12-7-10(16)8-19-14(12)18-2/h3-9H,1-2H3,(H,18,19)(H,20,21). The molecule has 0 bridgehead atoms. The number of pyridine rings is 1. The van der Waals surface area contributed by atoms with Crippen molar-refractivity contribution in [1.82, 2.24) is 10.3 Å². The van der Waals surface area contributed by atoms with Crippen LogP contribution < -0.4 is 10.6 Å². The largest absolute Gasteiger partial charge is 0.372 e. The summed E-state index contributed by atoms with van der Waals surface area (Å²) in [5.41, 5.74) is 0.432. The summed E-state index contributed by atoms with van der Waals surface area (Å²) in [6, 6.07) is 6.70.